The van der Waals surface area contributed by atoms with E-state index in [1.807, 2.05) is 32.0 Å². The number of rotatable bonds is 1. The summed E-state index contributed by atoms with van der Waals surface area (Å²) in [7, 11) is 0. The predicted octanol–water partition coefficient (Wildman–Crippen LogP) is 4.36. The van der Waals surface area contributed by atoms with Crippen molar-refractivity contribution in [2.45, 2.75) is 32.6 Å². The lowest BCUT2D eigenvalue weighted by atomic mass is 9.87. The van der Waals surface area contributed by atoms with Gasteiger partial charge in [0.2, 0.25) is 0 Å². The molecule has 1 aliphatic carbocycles. The standard InChI is InChI=1S/C13H14F2/c1-8(2)10-5-3-4-9-6-7-11(14)13(15)12(9)10/h3-5,8H,6-7H2,1-2H3. The lowest BCUT2D eigenvalue weighted by Crippen LogP contribution is -2.05. The van der Waals surface area contributed by atoms with Gasteiger partial charge in [0.1, 0.15) is 5.83 Å². The molecule has 0 fully saturated rings. The quantitative estimate of drug-likeness (QED) is 0.643. The molecule has 0 saturated heterocycles. The number of allylic oxidation sites excluding steroid dienone is 1. The Kier molecular flexibility index (Phi) is 2.59. The van der Waals surface area contributed by atoms with Crippen LogP contribution >= 0.6 is 0 Å². The third kappa shape index (κ3) is 1.69. The van der Waals surface area contributed by atoms with E-state index in [1.54, 1.807) is 0 Å². The summed E-state index contributed by atoms with van der Waals surface area (Å²) >= 11 is 0. The molecule has 0 saturated carbocycles. The molecule has 0 N–H and O–H groups in total. The van der Waals surface area contributed by atoms with E-state index in [0.29, 0.717) is 12.0 Å². The molecule has 0 heterocycles. The van der Waals surface area contributed by atoms with E-state index >= 15 is 0 Å². The lowest BCUT2D eigenvalue weighted by Gasteiger charge is -2.19. The van der Waals surface area contributed by atoms with Gasteiger partial charge in [-0.2, -0.15) is 0 Å². The molecule has 2 heteroatoms. The summed E-state index contributed by atoms with van der Waals surface area (Å²) in [6.45, 7) is 3.99. The maximum Gasteiger partial charge on any atom is 0.162 e. The Labute approximate surface area is 88.6 Å². The Morgan fingerprint density at radius 1 is 1.13 bits per heavy atom. The maximum atomic E-state index is 13.7. The molecule has 0 spiro atoms. The third-order valence-electron chi connectivity index (χ3n) is 2.88. The van der Waals surface area contributed by atoms with Crippen molar-refractivity contribution >= 4 is 5.83 Å². The summed E-state index contributed by atoms with van der Waals surface area (Å²) in [4.78, 5) is 0. The Bertz CT molecular complexity index is 417. The van der Waals surface area contributed by atoms with Gasteiger partial charge in [-0.15, -0.1) is 0 Å². The summed E-state index contributed by atoms with van der Waals surface area (Å²) in [6, 6.07) is 5.68. The highest BCUT2D eigenvalue weighted by atomic mass is 19.2. The highest BCUT2D eigenvalue weighted by Crippen LogP contribution is 2.37. The molecule has 0 bridgehead atoms. The minimum atomic E-state index is -0.652. The number of benzene rings is 1. The van der Waals surface area contributed by atoms with Crippen LogP contribution in [0.15, 0.2) is 24.0 Å². The van der Waals surface area contributed by atoms with Crippen molar-refractivity contribution in [1.29, 1.82) is 0 Å². The van der Waals surface area contributed by atoms with Gasteiger partial charge in [0, 0.05) is 12.0 Å². The molecule has 0 nitrogen and oxygen atoms in total. The van der Waals surface area contributed by atoms with Crippen molar-refractivity contribution in [2.24, 2.45) is 0 Å². The first-order valence-corrected chi connectivity index (χ1v) is 5.27. The molecule has 15 heavy (non-hydrogen) atoms. The fourth-order valence-corrected chi connectivity index (χ4v) is 2.07. The van der Waals surface area contributed by atoms with Crippen LogP contribution in [0.4, 0.5) is 8.78 Å². The first-order valence-electron chi connectivity index (χ1n) is 5.27. The molecule has 0 aromatic heterocycles. The molecular weight excluding hydrogens is 194 g/mol. The van der Waals surface area contributed by atoms with Crippen LogP contribution < -0.4 is 0 Å². The van der Waals surface area contributed by atoms with Gasteiger partial charge in [0.05, 0.1) is 0 Å². The first kappa shape index (κ1) is 10.3. The molecule has 80 valence electrons. The summed E-state index contributed by atoms with van der Waals surface area (Å²) in [5, 5.41) is 0. The minimum Gasteiger partial charge on any atom is -0.209 e. The van der Waals surface area contributed by atoms with E-state index in [4.69, 9.17) is 0 Å². The average Bonchev–Trinajstić information content (AvgIpc) is 2.23. The summed E-state index contributed by atoms with van der Waals surface area (Å²) in [5.41, 5.74) is 2.33. The van der Waals surface area contributed by atoms with Crippen molar-refractivity contribution < 1.29 is 8.78 Å². The van der Waals surface area contributed by atoms with Gasteiger partial charge in [-0.05, 0) is 23.5 Å². The SMILES string of the molecule is CC(C)c1cccc2c1C(F)=C(F)CC2. The van der Waals surface area contributed by atoms with E-state index in [0.717, 1.165) is 11.1 Å². The van der Waals surface area contributed by atoms with Gasteiger partial charge in [0.15, 0.2) is 5.83 Å². The largest absolute Gasteiger partial charge is 0.209 e. The van der Waals surface area contributed by atoms with Crippen molar-refractivity contribution in [1.82, 2.24) is 0 Å². The second kappa shape index (κ2) is 3.76. The molecule has 1 aliphatic rings. The Morgan fingerprint density at radius 3 is 2.53 bits per heavy atom. The molecule has 0 aliphatic heterocycles. The van der Waals surface area contributed by atoms with E-state index in [2.05, 4.69) is 0 Å². The van der Waals surface area contributed by atoms with Crippen molar-refractivity contribution in [2.75, 3.05) is 0 Å². The zero-order valence-electron chi connectivity index (χ0n) is 8.98. The smallest absolute Gasteiger partial charge is 0.162 e. The van der Waals surface area contributed by atoms with Crippen LogP contribution in [0.3, 0.4) is 0 Å². The van der Waals surface area contributed by atoms with Crippen molar-refractivity contribution in [3.8, 4) is 0 Å². The highest BCUT2D eigenvalue weighted by molar-refractivity contribution is 5.69. The summed E-state index contributed by atoms with van der Waals surface area (Å²) < 4.78 is 26.9. The Balaban J connectivity index is 2.65. The average molecular weight is 208 g/mol. The van der Waals surface area contributed by atoms with Gasteiger partial charge in [-0.25, -0.2) is 8.78 Å². The number of hydrogen-bond acceptors (Lipinski definition) is 0. The topological polar surface area (TPSA) is 0 Å². The molecule has 0 radical (unpaired) electrons. The molecule has 0 amide bonds. The number of aryl methyl sites for hydroxylation is 1. The normalized spacial score (nSPS) is 15.8. The minimum absolute atomic E-state index is 0.195. The van der Waals surface area contributed by atoms with Crippen LogP contribution in [0.25, 0.3) is 5.83 Å². The second-order valence-electron chi connectivity index (χ2n) is 4.25. The van der Waals surface area contributed by atoms with Gasteiger partial charge in [-0.3, -0.25) is 0 Å². The molecule has 0 unspecified atom stereocenters. The monoisotopic (exact) mass is 208 g/mol. The maximum absolute atomic E-state index is 13.7. The Morgan fingerprint density at radius 2 is 1.87 bits per heavy atom. The lowest BCUT2D eigenvalue weighted by molar-refractivity contribution is 0.551. The Hall–Kier alpha value is -1.18. The van der Waals surface area contributed by atoms with E-state index in [-0.39, 0.29) is 12.3 Å². The van der Waals surface area contributed by atoms with Crippen LogP contribution in [0.2, 0.25) is 0 Å². The first-order chi connectivity index (χ1) is 7.11. The van der Waals surface area contributed by atoms with Gasteiger partial charge < -0.3 is 0 Å². The van der Waals surface area contributed by atoms with Crippen molar-refractivity contribution in [3.63, 3.8) is 0 Å². The van der Waals surface area contributed by atoms with Crippen LogP contribution in [0, 0.1) is 0 Å². The predicted molar refractivity (Wildman–Crippen MR) is 58.0 cm³/mol. The fraction of sp³-hybridized carbons (Fsp3) is 0.385. The number of hydrogen-bond donors (Lipinski definition) is 0. The second-order valence-corrected chi connectivity index (χ2v) is 4.25. The highest BCUT2D eigenvalue weighted by Gasteiger charge is 2.22. The van der Waals surface area contributed by atoms with Gasteiger partial charge in [0.25, 0.3) is 0 Å². The van der Waals surface area contributed by atoms with E-state index < -0.39 is 11.7 Å². The zero-order chi connectivity index (χ0) is 11.0. The molecule has 1 aromatic rings. The van der Waals surface area contributed by atoms with Gasteiger partial charge in [-0.1, -0.05) is 32.0 Å². The van der Waals surface area contributed by atoms with Gasteiger partial charge >= 0.3 is 0 Å². The van der Waals surface area contributed by atoms with Crippen LogP contribution in [-0.4, -0.2) is 0 Å². The number of fused-ring (bicyclic) bond motifs is 1. The third-order valence-corrected chi connectivity index (χ3v) is 2.88. The molecule has 0 atom stereocenters. The molecule has 1 aromatic carbocycles. The molecular formula is C13H14F2. The van der Waals surface area contributed by atoms with E-state index in [1.165, 1.54) is 0 Å². The fourth-order valence-electron chi connectivity index (χ4n) is 2.07. The number of halogens is 2. The van der Waals surface area contributed by atoms with Crippen LogP contribution in [0.1, 0.15) is 42.9 Å². The summed E-state index contributed by atoms with van der Waals surface area (Å²) in [6.07, 6.45) is 0.801. The molecule has 2 rings (SSSR count). The summed E-state index contributed by atoms with van der Waals surface area (Å²) in [5.74, 6) is -1.03. The van der Waals surface area contributed by atoms with Crippen LogP contribution in [-0.2, 0) is 6.42 Å². The van der Waals surface area contributed by atoms with E-state index in [9.17, 15) is 8.78 Å². The van der Waals surface area contributed by atoms with Crippen molar-refractivity contribution in [3.05, 3.63) is 40.7 Å². The zero-order valence-corrected chi connectivity index (χ0v) is 8.98. The van der Waals surface area contributed by atoms with Crippen LogP contribution in [0.5, 0.6) is 0 Å².